The van der Waals surface area contributed by atoms with E-state index in [-0.39, 0.29) is 11.5 Å². The number of benzene rings is 1. The van der Waals surface area contributed by atoms with Crippen molar-refractivity contribution >= 4 is 5.91 Å². The molecule has 22 heavy (non-hydrogen) atoms. The molecular weight excluding hydrogens is 286 g/mol. The van der Waals surface area contributed by atoms with Crippen molar-refractivity contribution in [1.82, 2.24) is 15.5 Å². The third-order valence-electron chi connectivity index (χ3n) is 3.22. The average Bonchev–Trinajstić information content (AvgIpc) is 2.96. The van der Waals surface area contributed by atoms with Crippen LogP contribution in [0.4, 0.5) is 0 Å². The Hall–Kier alpha value is -2.70. The lowest BCUT2D eigenvalue weighted by molar-refractivity contribution is -0.121. The van der Waals surface area contributed by atoms with E-state index < -0.39 is 0 Å². The second-order valence-electron chi connectivity index (χ2n) is 4.75. The van der Waals surface area contributed by atoms with Crippen LogP contribution in [0.3, 0.4) is 0 Å². The quantitative estimate of drug-likeness (QED) is 0.710. The van der Waals surface area contributed by atoms with E-state index in [0.29, 0.717) is 36.6 Å². The SMILES string of the molecule is COc1ccc(CCC(=O)NCc2cc(=O)[nH][nH]2)cc1OC. The standard InChI is InChI=1S/C15H19N3O4/c1-21-12-5-3-10(7-13(12)22-2)4-6-14(19)16-9-11-8-15(20)18-17-11/h3,5,7-8H,4,6,9H2,1-2H3,(H,16,19)(H2,17,18,20). The highest BCUT2D eigenvalue weighted by Gasteiger charge is 2.07. The highest BCUT2D eigenvalue weighted by atomic mass is 16.5. The van der Waals surface area contributed by atoms with Crippen LogP contribution >= 0.6 is 0 Å². The highest BCUT2D eigenvalue weighted by molar-refractivity contribution is 5.76. The van der Waals surface area contributed by atoms with E-state index in [1.165, 1.54) is 6.07 Å². The summed E-state index contributed by atoms with van der Waals surface area (Å²) in [6.07, 6.45) is 0.944. The number of ether oxygens (including phenoxy) is 2. The first kappa shape index (κ1) is 15.7. The topological polar surface area (TPSA) is 96.2 Å². The molecule has 0 radical (unpaired) electrons. The van der Waals surface area contributed by atoms with Gasteiger partial charge in [0.05, 0.1) is 26.5 Å². The summed E-state index contributed by atoms with van der Waals surface area (Å²) in [5.74, 6) is 1.22. The van der Waals surface area contributed by atoms with Gasteiger partial charge in [-0.1, -0.05) is 6.07 Å². The molecule has 0 unspecified atom stereocenters. The molecule has 0 aliphatic carbocycles. The van der Waals surface area contributed by atoms with Crippen molar-refractivity contribution in [3.8, 4) is 11.5 Å². The number of H-pyrrole nitrogens is 2. The molecule has 0 saturated carbocycles. The van der Waals surface area contributed by atoms with E-state index in [2.05, 4.69) is 15.5 Å². The zero-order valence-electron chi connectivity index (χ0n) is 12.6. The zero-order chi connectivity index (χ0) is 15.9. The Kier molecular flexibility index (Phi) is 5.24. The molecule has 0 saturated heterocycles. The number of nitrogens with one attached hydrogen (secondary N) is 3. The molecule has 0 fully saturated rings. The van der Waals surface area contributed by atoms with Gasteiger partial charge >= 0.3 is 0 Å². The fourth-order valence-electron chi connectivity index (χ4n) is 2.04. The average molecular weight is 305 g/mol. The van der Waals surface area contributed by atoms with Crippen molar-refractivity contribution in [2.24, 2.45) is 0 Å². The van der Waals surface area contributed by atoms with Gasteiger partial charge in [0.25, 0.3) is 5.56 Å². The Labute approximate surface area is 127 Å². The van der Waals surface area contributed by atoms with Gasteiger partial charge in [-0.15, -0.1) is 0 Å². The lowest BCUT2D eigenvalue weighted by atomic mass is 10.1. The van der Waals surface area contributed by atoms with Crippen LogP contribution in [0.15, 0.2) is 29.1 Å². The van der Waals surface area contributed by atoms with Gasteiger partial charge in [-0.2, -0.15) is 0 Å². The minimum atomic E-state index is -0.213. The molecule has 0 atom stereocenters. The molecule has 0 aliphatic heterocycles. The van der Waals surface area contributed by atoms with Gasteiger partial charge < -0.3 is 19.9 Å². The van der Waals surface area contributed by atoms with Crippen LogP contribution in [0.25, 0.3) is 0 Å². The number of hydrogen-bond acceptors (Lipinski definition) is 4. The maximum Gasteiger partial charge on any atom is 0.264 e. The monoisotopic (exact) mass is 305 g/mol. The molecule has 118 valence electrons. The van der Waals surface area contributed by atoms with Gasteiger partial charge in [0.15, 0.2) is 11.5 Å². The summed E-state index contributed by atoms with van der Waals surface area (Å²) in [5.41, 5.74) is 1.42. The van der Waals surface area contributed by atoms with Crippen LogP contribution in [-0.2, 0) is 17.8 Å². The second-order valence-corrected chi connectivity index (χ2v) is 4.75. The molecule has 0 spiro atoms. The Morgan fingerprint density at radius 3 is 2.55 bits per heavy atom. The maximum absolute atomic E-state index is 11.8. The van der Waals surface area contributed by atoms with Gasteiger partial charge in [-0.05, 0) is 24.1 Å². The number of rotatable bonds is 7. The molecule has 2 aromatic rings. The summed E-state index contributed by atoms with van der Waals surface area (Å²) in [4.78, 5) is 22.7. The molecule has 1 amide bonds. The van der Waals surface area contributed by atoms with Gasteiger partial charge in [-0.3, -0.25) is 14.7 Å². The van der Waals surface area contributed by atoms with E-state index in [9.17, 15) is 9.59 Å². The first-order valence-electron chi connectivity index (χ1n) is 6.86. The van der Waals surface area contributed by atoms with E-state index in [4.69, 9.17) is 9.47 Å². The van der Waals surface area contributed by atoms with E-state index >= 15 is 0 Å². The molecule has 7 nitrogen and oxygen atoms in total. The molecular formula is C15H19N3O4. The fraction of sp³-hybridized carbons (Fsp3) is 0.333. The lowest BCUT2D eigenvalue weighted by Gasteiger charge is -2.09. The van der Waals surface area contributed by atoms with Crippen LogP contribution in [0, 0.1) is 0 Å². The van der Waals surface area contributed by atoms with Crippen molar-refractivity contribution in [2.75, 3.05) is 14.2 Å². The molecule has 3 N–H and O–H groups in total. The van der Waals surface area contributed by atoms with Crippen LogP contribution < -0.4 is 20.3 Å². The van der Waals surface area contributed by atoms with Gasteiger partial charge in [0, 0.05) is 12.5 Å². The first-order valence-corrected chi connectivity index (χ1v) is 6.86. The van der Waals surface area contributed by atoms with Crippen LogP contribution in [0.1, 0.15) is 17.7 Å². The summed E-state index contributed by atoms with van der Waals surface area (Å²) < 4.78 is 10.4. The number of methoxy groups -OCH3 is 2. The summed E-state index contributed by atoms with van der Waals surface area (Å²) >= 11 is 0. The summed E-state index contributed by atoms with van der Waals surface area (Å²) in [5, 5.41) is 7.84. The van der Waals surface area contributed by atoms with Gasteiger partial charge in [0.1, 0.15) is 0 Å². The van der Waals surface area contributed by atoms with E-state index in [0.717, 1.165) is 5.56 Å². The Morgan fingerprint density at radius 2 is 1.91 bits per heavy atom. The van der Waals surface area contributed by atoms with E-state index in [1.807, 2.05) is 18.2 Å². The highest BCUT2D eigenvalue weighted by Crippen LogP contribution is 2.27. The number of carbonyl (C=O) groups excluding carboxylic acids is 1. The second kappa shape index (κ2) is 7.35. The number of aryl methyl sites for hydroxylation is 1. The van der Waals surface area contributed by atoms with Gasteiger partial charge in [-0.25, -0.2) is 0 Å². The predicted octanol–water partition coefficient (Wildman–Crippen LogP) is 0.969. The van der Waals surface area contributed by atoms with Crippen LogP contribution in [-0.4, -0.2) is 30.3 Å². The third kappa shape index (κ3) is 4.15. The van der Waals surface area contributed by atoms with Gasteiger partial charge in [0.2, 0.25) is 5.91 Å². The summed E-state index contributed by atoms with van der Waals surface area (Å²) in [6.45, 7) is 0.295. The number of aromatic amines is 2. The number of amides is 1. The molecule has 0 aliphatic rings. The number of carbonyl (C=O) groups is 1. The van der Waals surface area contributed by atoms with Crippen molar-refractivity contribution < 1.29 is 14.3 Å². The smallest absolute Gasteiger partial charge is 0.264 e. The zero-order valence-corrected chi connectivity index (χ0v) is 12.6. The largest absolute Gasteiger partial charge is 0.493 e. The normalized spacial score (nSPS) is 10.3. The summed E-state index contributed by atoms with van der Waals surface area (Å²) in [7, 11) is 3.16. The number of aromatic nitrogens is 2. The van der Waals surface area contributed by atoms with Crippen LogP contribution in [0.5, 0.6) is 11.5 Å². The predicted molar refractivity (Wildman–Crippen MR) is 81.1 cm³/mol. The third-order valence-corrected chi connectivity index (χ3v) is 3.22. The molecule has 2 rings (SSSR count). The molecule has 1 heterocycles. The Morgan fingerprint density at radius 1 is 1.14 bits per heavy atom. The first-order chi connectivity index (χ1) is 10.6. The summed E-state index contributed by atoms with van der Waals surface area (Å²) in [6, 6.07) is 6.99. The molecule has 1 aromatic heterocycles. The molecule has 7 heteroatoms. The molecule has 1 aromatic carbocycles. The fourth-order valence-corrected chi connectivity index (χ4v) is 2.04. The van der Waals surface area contributed by atoms with E-state index in [1.54, 1.807) is 14.2 Å². The minimum absolute atomic E-state index is 0.0863. The van der Waals surface area contributed by atoms with Crippen molar-refractivity contribution in [2.45, 2.75) is 19.4 Å². The minimum Gasteiger partial charge on any atom is -0.493 e. The Bertz CT molecular complexity index is 690. The van der Waals surface area contributed by atoms with Crippen LogP contribution in [0.2, 0.25) is 0 Å². The van der Waals surface area contributed by atoms with Crippen molar-refractivity contribution in [1.29, 1.82) is 0 Å². The maximum atomic E-state index is 11.8. The van der Waals surface area contributed by atoms with Crippen molar-refractivity contribution in [3.63, 3.8) is 0 Å². The Balaban J connectivity index is 1.84. The lowest BCUT2D eigenvalue weighted by Crippen LogP contribution is -2.23. The molecule has 0 bridgehead atoms. The number of hydrogen-bond donors (Lipinski definition) is 3. The van der Waals surface area contributed by atoms with Crippen molar-refractivity contribution in [3.05, 3.63) is 45.9 Å².